The minimum Gasteiger partial charge on any atom is -0.490 e. The number of amides is 3. The van der Waals surface area contributed by atoms with E-state index in [0.29, 0.717) is 36.7 Å². The lowest BCUT2D eigenvalue weighted by molar-refractivity contribution is -0.000451. The Balaban J connectivity index is 1.89. The highest BCUT2D eigenvalue weighted by Crippen LogP contribution is 2.28. The molecule has 1 heterocycles. The summed E-state index contributed by atoms with van der Waals surface area (Å²) in [4.78, 5) is 28.4. The van der Waals surface area contributed by atoms with Crippen molar-refractivity contribution in [1.29, 1.82) is 0 Å². The maximum Gasteiger partial charge on any atom is 0.319 e. The van der Waals surface area contributed by atoms with Gasteiger partial charge in [0.15, 0.2) is 0 Å². The van der Waals surface area contributed by atoms with Crippen LogP contribution in [-0.2, 0) is 4.74 Å². The molecule has 1 aliphatic heterocycles. The summed E-state index contributed by atoms with van der Waals surface area (Å²) in [5.74, 6) is 0.287. The molecule has 9 nitrogen and oxygen atoms in total. The first-order valence-corrected chi connectivity index (χ1v) is 14.4. The molecule has 0 saturated heterocycles. The van der Waals surface area contributed by atoms with E-state index in [2.05, 4.69) is 22.9 Å². The van der Waals surface area contributed by atoms with E-state index in [0.717, 1.165) is 44.9 Å². The lowest BCUT2D eigenvalue weighted by Gasteiger charge is -2.34. The molecule has 9 heteroatoms. The highest BCUT2D eigenvalue weighted by molar-refractivity contribution is 5.99. The zero-order valence-corrected chi connectivity index (χ0v) is 23.6. The molecular weight excluding hydrogens is 484 g/mol. The van der Waals surface area contributed by atoms with E-state index in [4.69, 9.17) is 9.47 Å². The third-order valence-electron chi connectivity index (χ3n) is 7.66. The number of urea groups is 1. The number of likely N-dealkylation sites (N-methyl/N-ethyl adjacent to an activating group) is 1. The molecule has 0 bridgehead atoms. The molecule has 1 aromatic carbocycles. The van der Waals surface area contributed by atoms with Crippen LogP contribution in [0.1, 0.15) is 82.5 Å². The van der Waals surface area contributed by atoms with Crippen LogP contribution in [0.2, 0.25) is 0 Å². The van der Waals surface area contributed by atoms with Gasteiger partial charge in [0.1, 0.15) is 5.75 Å². The van der Waals surface area contributed by atoms with Crippen molar-refractivity contribution in [2.45, 2.75) is 96.4 Å². The number of hydrogen-bond acceptors (Lipinski definition) is 6. The van der Waals surface area contributed by atoms with Crippen LogP contribution in [0.4, 0.5) is 10.5 Å². The first kappa shape index (κ1) is 30.2. The minimum atomic E-state index is -0.399. The summed E-state index contributed by atoms with van der Waals surface area (Å²) in [6, 6.07) is 4.76. The van der Waals surface area contributed by atoms with Gasteiger partial charge in [-0.05, 0) is 71.2 Å². The number of fused-ring (bicyclic) bond motifs is 1. The molecule has 0 aromatic heterocycles. The summed E-state index contributed by atoms with van der Waals surface area (Å²) in [7, 11) is 1.90. The number of nitrogens with zero attached hydrogens (tertiary/aromatic N) is 1. The fraction of sp³-hybridized carbons (Fsp3) is 0.724. The van der Waals surface area contributed by atoms with Crippen LogP contribution in [0.3, 0.4) is 0 Å². The van der Waals surface area contributed by atoms with Crippen molar-refractivity contribution in [3.05, 3.63) is 23.8 Å². The molecular formula is C29H48N4O5. The van der Waals surface area contributed by atoms with Gasteiger partial charge in [-0.15, -0.1) is 0 Å². The average Bonchev–Trinajstić information content (AvgIpc) is 2.90. The number of anilines is 1. The number of rotatable bonds is 6. The minimum absolute atomic E-state index is 0.0363. The number of aliphatic hydroxyl groups is 1. The standard InChI is InChI=1S/C29H48N4O5/c1-20-18-33(21(2)19-34)28(35)25-16-24(32-29(36)31-23-11-6-5-7-12-23)13-14-26(25)38-22(3)10-8-9-15-37-27(20)17-30-4/h13-14,16,20-23,27,30,34H,5-12,15,17-19H2,1-4H3,(H2,31,32,36)/t20-,21+,22+,27+/m1/s1. The predicted molar refractivity (Wildman–Crippen MR) is 150 cm³/mol. The van der Waals surface area contributed by atoms with Crippen molar-refractivity contribution in [1.82, 2.24) is 15.5 Å². The SMILES string of the molecule is CNC[C@@H]1OCCCC[C@H](C)Oc2ccc(NC(=O)NC3CCCCC3)cc2C(=O)N([C@@H](C)CO)C[C@H]1C. The van der Waals surface area contributed by atoms with Crippen molar-refractivity contribution >= 4 is 17.6 Å². The van der Waals surface area contributed by atoms with Gasteiger partial charge in [0, 0.05) is 37.3 Å². The maximum absolute atomic E-state index is 14.0. The van der Waals surface area contributed by atoms with Crippen LogP contribution >= 0.6 is 0 Å². The Labute approximate surface area is 228 Å². The van der Waals surface area contributed by atoms with Crippen molar-refractivity contribution < 1.29 is 24.2 Å². The lowest BCUT2D eigenvalue weighted by atomic mass is 9.96. The number of aliphatic hydroxyl groups excluding tert-OH is 1. The predicted octanol–water partition coefficient (Wildman–Crippen LogP) is 4.16. The Kier molecular flexibility index (Phi) is 12.1. The third kappa shape index (κ3) is 8.85. The number of benzene rings is 1. The van der Waals surface area contributed by atoms with E-state index in [-0.39, 0.29) is 42.7 Å². The molecule has 4 atom stereocenters. The molecule has 1 aromatic rings. The van der Waals surface area contributed by atoms with Gasteiger partial charge in [-0.2, -0.15) is 0 Å². The third-order valence-corrected chi connectivity index (χ3v) is 7.66. The summed E-state index contributed by atoms with van der Waals surface area (Å²) in [6.45, 7) is 7.51. The molecule has 0 spiro atoms. The Morgan fingerprint density at radius 3 is 2.58 bits per heavy atom. The van der Waals surface area contributed by atoms with Crippen LogP contribution in [-0.4, -0.2) is 79.6 Å². The molecule has 0 unspecified atom stereocenters. The van der Waals surface area contributed by atoms with Crippen LogP contribution in [0.15, 0.2) is 18.2 Å². The quantitative estimate of drug-likeness (QED) is 0.438. The molecule has 3 amide bonds. The van der Waals surface area contributed by atoms with Gasteiger partial charge in [-0.3, -0.25) is 4.79 Å². The zero-order valence-electron chi connectivity index (χ0n) is 23.6. The van der Waals surface area contributed by atoms with Gasteiger partial charge in [0.25, 0.3) is 5.91 Å². The summed E-state index contributed by atoms with van der Waals surface area (Å²) in [5, 5.41) is 19.2. The Morgan fingerprint density at radius 1 is 1.13 bits per heavy atom. The smallest absolute Gasteiger partial charge is 0.319 e. The first-order chi connectivity index (χ1) is 18.3. The van der Waals surface area contributed by atoms with Crippen LogP contribution in [0.25, 0.3) is 0 Å². The molecule has 1 aliphatic carbocycles. The van der Waals surface area contributed by atoms with Gasteiger partial charge >= 0.3 is 6.03 Å². The second-order valence-corrected chi connectivity index (χ2v) is 11.0. The second kappa shape index (κ2) is 15.3. The molecule has 4 N–H and O–H groups in total. The Bertz CT molecular complexity index is 892. The van der Waals surface area contributed by atoms with Crippen molar-refractivity contribution in [2.24, 2.45) is 5.92 Å². The van der Waals surface area contributed by atoms with E-state index in [1.54, 1.807) is 23.1 Å². The molecule has 1 fully saturated rings. The Hall–Kier alpha value is -2.36. The number of hydrogen-bond donors (Lipinski definition) is 4. The summed E-state index contributed by atoms with van der Waals surface area (Å²) >= 11 is 0. The summed E-state index contributed by atoms with van der Waals surface area (Å²) in [5.41, 5.74) is 0.909. The Morgan fingerprint density at radius 2 is 1.87 bits per heavy atom. The number of carbonyl (C=O) groups is 2. The van der Waals surface area contributed by atoms with Gasteiger partial charge in [0.05, 0.1) is 30.4 Å². The number of carbonyl (C=O) groups excluding carboxylic acids is 2. The molecule has 0 radical (unpaired) electrons. The monoisotopic (exact) mass is 532 g/mol. The normalized spacial score (nSPS) is 25.0. The molecule has 3 rings (SSSR count). The van der Waals surface area contributed by atoms with Crippen molar-refractivity contribution in [3.63, 3.8) is 0 Å². The largest absolute Gasteiger partial charge is 0.490 e. The van der Waals surface area contributed by atoms with E-state index in [9.17, 15) is 14.7 Å². The fourth-order valence-corrected chi connectivity index (χ4v) is 5.29. The fourth-order valence-electron chi connectivity index (χ4n) is 5.29. The number of ether oxygens (including phenoxy) is 2. The second-order valence-electron chi connectivity index (χ2n) is 11.0. The van der Waals surface area contributed by atoms with E-state index < -0.39 is 6.04 Å². The maximum atomic E-state index is 14.0. The molecule has 2 aliphatic rings. The van der Waals surface area contributed by atoms with E-state index in [1.807, 2.05) is 20.9 Å². The number of nitrogens with one attached hydrogen (secondary N) is 3. The van der Waals surface area contributed by atoms with Crippen molar-refractivity contribution in [2.75, 3.05) is 38.7 Å². The van der Waals surface area contributed by atoms with Gasteiger partial charge in [-0.25, -0.2) is 4.79 Å². The van der Waals surface area contributed by atoms with Crippen LogP contribution in [0, 0.1) is 5.92 Å². The van der Waals surface area contributed by atoms with E-state index in [1.165, 1.54) is 6.42 Å². The van der Waals surface area contributed by atoms with Crippen LogP contribution in [0.5, 0.6) is 5.75 Å². The molecule has 1 saturated carbocycles. The van der Waals surface area contributed by atoms with Crippen molar-refractivity contribution in [3.8, 4) is 5.75 Å². The average molecular weight is 533 g/mol. The summed E-state index contributed by atoms with van der Waals surface area (Å²) in [6.07, 6.45) is 8.04. The summed E-state index contributed by atoms with van der Waals surface area (Å²) < 4.78 is 12.5. The van der Waals surface area contributed by atoms with Gasteiger partial charge in [-0.1, -0.05) is 26.2 Å². The highest BCUT2D eigenvalue weighted by atomic mass is 16.5. The zero-order chi connectivity index (χ0) is 27.5. The van der Waals surface area contributed by atoms with E-state index >= 15 is 0 Å². The van der Waals surface area contributed by atoms with Gasteiger partial charge in [0.2, 0.25) is 0 Å². The lowest BCUT2D eigenvalue weighted by Crippen LogP contribution is -2.47. The molecule has 214 valence electrons. The first-order valence-electron chi connectivity index (χ1n) is 14.4. The highest BCUT2D eigenvalue weighted by Gasteiger charge is 2.30. The van der Waals surface area contributed by atoms with Crippen LogP contribution < -0.4 is 20.7 Å². The topological polar surface area (TPSA) is 112 Å². The molecule has 38 heavy (non-hydrogen) atoms. The van der Waals surface area contributed by atoms with Gasteiger partial charge < -0.3 is 35.4 Å².